The molecule has 0 spiro atoms. The second-order valence-electron chi connectivity index (χ2n) is 9.19. The first kappa shape index (κ1) is 24.5. The zero-order chi connectivity index (χ0) is 24.5. The summed E-state index contributed by atoms with van der Waals surface area (Å²) in [5.74, 6) is 0.374. The smallest absolute Gasteiger partial charge is 0.473 e. The summed E-state index contributed by atoms with van der Waals surface area (Å²) in [6.45, 7) is 10.1. The maximum Gasteiger partial charge on any atom is 0.496 e. The molecule has 1 saturated heterocycles. The van der Waals surface area contributed by atoms with Gasteiger partial charge in [0.25, 0.3) is 0 Å². The molecule has 0 N–H and O–H groups in total. The first-order valence-corrected chi connectivity index (χ1v) is 11.7. The second kappa shape index (κ2) is 9.57. The highest BCUT2D eigenvalue weighted by Crippen LogP contribution is 2.39. The van der Waals surface area contributed by atoms with Crippen LogP contribution in [0, 0.1) is 5.82 Å². The van der Waals surface area contributed by atoms with E-state index in [0.717, 1.165) is 5.56 Å². The highest BCUT2D eigenvalue weighted by Gasteiger charge is 2.53. The van der Waals surface area contributed by atoms with Gasteiger partial charge in [-0.1, -0.05) is 54.9 Å². The molecular weight excluding hydrogens is 456 g/mol. The lowest BCUT2D eigenvalue weighted by molar-refractivity contribution is 0.00578. The van der Waals surface area contributed by atoms with E-state index in [4.69, 9.17) is 30.4 Å². The summed E-state index contributed by atoms with van der Waals surface area (Å²) in [6, 6.07) is 16.3. The SMILES string of the molecule is CCc1c(Oc2cccc(OCc3ccccc3)n2)cc(F)c(Cl)c1B1OC(C)(C)C(C)(C)O1. The van der Waals surface area contributed by atoms with Crippen molar-refractivity contribution in [3.8, 4) is 17.5 Å². The minimum atomic E-state index is -0.820. The van der Waals surface area contributed by atoms with Crippen molar-refractivity contribution in [3.05, 3.63) is 76.6 Å². The fourth-order valence-electron chi connectivity index (χ4n) is 3.70. The lowest BCUT2D eigenvalue weighted by Crippen LogP contribution is -2.41. The molecule has 5 nitrogen and oxygen atoms in total. The van der Waals surface area contributed by atoms with Crippen molar-refractivity contribution in [2.45, 2.75) is 58.8 Å². The molecular formula is C26H28BClFNO4. The second-order valence-corrected chi connectivity index (χ2v) is 9.57. The third-order valence-corrected chi connectivity index (χ3v) is 6.70. The normalized spacial score (nSPS) is 16.5. The Morgan fingerprint density at radius 2 is 1.62 bits per heavy atom. The third kappa shape index (κ3) is 4.92. The number of rotatable bonds is 7. The summed E-state index contributed by atoms with van der Waals surface area (Å²) in [5, 5.41) is -0.0318. The standard InChI is InChI=1S/C26H28BClFNO4/c1-6-18-20(15-19(29)24(28)23(18)27-33-25(2,3)26(4,5)34-27)32-22-14-10-13-21(30-22)31-16-17-11-8-7-9-12-17/h7-15H,6,16H2,1-5H3. The Hall–Kier alpha value is -2.61. The molecule has 1 aliphatic heterocycles. The Morgan fingerprint density at radius 1 is 0.971 bits per heavy atom. The van der Waals surface area contributed by atoms with Crippen molar-refractivity contribution in [1.82, 2.24) is 4.98 Å². The summed E-state index contributed by atoms with van der Waals surface area (Å²) in [4.78, 5) is 4.42. The van der Waals surface area contributed by atoms with Crippen molar-refractivity contribution in [3.63, 3.8) is 0 Å². The van der Waals surface area contributed by atoms with Crippen LogP contribution in [-0.4, -0.2) is 23.3 Å². The molecule has 3 aromatic rings. The summed E-state index contributed by atoms with van der Waals surface area (Å²) in [7, 11) is -0.820. The molecule has 0 radical (unpaired) electrons. The maximum absolute atomic E-state index is 14.9. The summed E-state index contributed by atoms with van der Waals surface area (Å²) < 4.78 is 39.1. The molecule has 8 heteroatoms. The van der Waals surface area contributed by atoms with E-state index < -0.39 is 24.1 Å². The summed E-state index contributed by atoms with van der Waals surface area (Å²) in [5.41, 5.74) is 0.976. The van der Waals surface area contributed by atoms with Gasteiger partial charge in [0.1, 0.15) is 18.2 Å². The summed E-state index contributed by atoms with van der Waals surface area (Å²) in [6.07, 6.45) is 0.527. The van der Waals surface area contributed by atoms with Crippen LogP contribution in [0.2, 0.25) is 5.02 Å². The van der Waals surface area contributed by atoms with Crippen molar-refractivity contribution in [2.24, 2.45) is 0 Å². The lowest BCUT2D eigenvalue weighted by atomic mass is 9.74. The molecule has 1 aromatic heterocycles. The highest BCUT2D eigenvalue weighted by atomic mass is 35.5. The van der Waals surface area contributed by atoms with Crippen molar-refractivity contribution >= 4 is 24.2 Å². The number of nitrogens with zero attached hydrogens (tertiary/aromatic N) is 1. The molecule has 1 fully saturated rings. The predicted molar refractivity (Wildman–Crippen MR) is 132 cm³/mol. The Labute approximate surface area is 205 Å². The lowest BCUT2D eigenvalue weighted by Gasteiger charge is -2.32. The molecule has 34 heavy (non-hydrogen) atoms. The Morgan fingerprint density at radius 3 is 2.26 bits per heavy atom. The average molecular weight is 484 g/mol. The molecule has 4 rings (SSSR count). The van der Waals surface area contributed by atoms with Crippen LogP contribution >= 0.6 is 11.6 Å². The van der Waals surface area contributed by atoms with E-state index in [9.17, 15) is 4.39 Å². The molecule has 2 aromatic carbocycles. The third-order valence-electron chi connectivity index (χ3n) is 6.31. The van der Waals surface area contributed by atoms with Gasteiger partial charge in [0.2, 0.25) is 11.8 Å². The molecule has 0 aliphatic carbocycles. The molecule has 1 aliphatic rings. The van der Waals surface area contributed by atoms with Crippen LogP contribution in [0.15, 0.2) is 54.6 Å². The van der Waals surface area contributed by atoms with Crippen LogP contribution in [0.3, 0.4) is 0 Å². The van der Waals surface area contributed by atoms with E-state index >= 15 is 0 Å². The first-order chi connectivity index (χ1) is 16.1. The summed E-state index contributed by atoms with van der Waals surface area (Å²) >= 11 is 6.42. The maximum atomic E-state index is 14.9. The number of hydrogen-bond acceptors (Lipinski definition) is 5. The molecule has 0 saturated carbocycles. The Balaban J connectivity index is 1.62. The van der Waals surface area contributed by atoms with E-state index in [0.29, 0.717) is 35.7 Å². The van der Waals surface area contributed by atoms with Gasteiger partial charge in [0, 0.05) is 23.7 Å². The van der Waals surface area contributed by atoms with Crippen LogP contribution in [0.1, 0.15) is 45.7 Å². The number of halogens is 2. The average Bonchev–Trinajstić information content (AvgIpc) is 3.02. The number of aromatic nitrogens is 1. The zero-order valence-electron chi connectivity index (χ0n) is 20.0. The number of hydrogen-bond donors (Lipinski definition) is 0. The van der Waals surface area contributed by atoms with Gasteiger partial charge < -0.3 is 18.8 Å². The zero-order valence-corrected chi connectivity index (χ0v) is 20.8. The fourth-order valence-corrected chi connectivity index (χ4v) is 3.96. The van der Waals surface area contributed by atoms with E-state index in [2.05, 4.69) is 4.98 Å². The van der Waals surface area contributed by atoms with Gasteiger partial charge >= 0.3 is 7.12 Å². The Kier molecular flexibility index (Phi) is 6.90. The fraction of sp³-hybridized carbons (Fsp3) is 0.346. The van der Waals surface area contributed by atoms with Crippen molar-refractivity contribution < 1.29 is 23.2 Å². The largest absolute Gasteiger partial charge is 0.496 e. The molecule has 0 unspecified atom stereocenters. The van der Waals surface area contributed by atoms with Gasteiger partial charge in [-0.25, -0.2) is 4.39 Å². The van der Waals surface area contributed by atoms with Gasteiger partial charge in [-0.05, 0) is 45.2 Å². The van der Waals surface area contributed by atoms with Crippen LogP contribution in [-0.2, 0) is 22.3 Å². The van der Waals surface area contributed by atoms with Gasteiger partial charge in [0.15, 0.2) is 0 Å². The molecule has 0 bridgehead atoms. The number of pyridine rings is 1. The monoisotopic (exact) mass is 483 g/mol. The van der Waals surface area contributed by atoms with Crippen LogP contribution < -0.4 is 14.9 Å². The van der Waals surface area contributed by atoms with E-state index in [-0.39, 0.29) is 10.9 Å². The van der Waals surface area contributed by atoms with Crippen molar-refractivity contribution in [1.29, 1.82) is 0 Å². The topological polar surface area (TPSA) is 49.8 Å². The van der Waals surface area contributed by atoms with Crippen LogP contribution in [0.25, 0.3) is 0 Å². The number of benzene rings is 2. The first-order valence-electron chi connectivity index (χ1n) is 11.3. The van der Waals surface area contributed by atoms with Gasteiger partial charge in [0.05, 0.1) is 16.2 Å². The quantitative estimate of drug-likeness (QED) is 0.380. The van der Waals surface area contributed by atoms with E-state index in [1.165, 1.54) is 6.07 Å². The Bertz CT molecular complexity index is 1160. The van der Waals surface area contributed by atoms with Crippen LogP contribution in [0.5, 0.6) is 17.5 Å². The van der Waals surface area contributed by atoms with Gasteiger partial charge in [-0.15, -0.1) is 0 Å². The van der Waals surface area contributed by atoms with Gasteiger partial charge in [-0.2, -0.15) is 4.98 Å². The van der Waals surface area contributed by atoms with E-state index in [1.807, 2.05) is 65.0 Å². The van der Waals surface area contributed by atoms with Crippen LogP contribution in [0.4, 0.5) is 4.39 Å². The predicted octanol–water partition coefficient (Wildman–Crippen LogP) is 6.11. The highest BCUT2D eigenvalue weighted by molar-refractivity contribution is 6.66. The molecule has 2 heterocycles. The minimum Gasteiger partial charge on any atom is -0.473 e. The number of ether oxygens (including phenoxy) is 2. The molecule has 0 atom stereocenters. The van der Waals surface area contributed by atoms with Crippen molar-refractivity contribution in [2.75, 3.05) is 0 Å². The molecule has 0 amide bonds. The van der Waals surface area contributed by atoms with E-state index in [1.54, 1.807) is 18.2 Å². The van der Waals surface area contributed by atoms with Gasteiger partial charge in [-0.3, -0.25) is 0 Å². The minimum absolute atomic E-state index is 0.0318. The molecule has 178 valence electrons.